The first-order valence-electron chi connectivity index (χ1n) is 6.79. The highest BCUT2D eigenvalue weighted by Crippen LogP contribution is 2.44. The van der Waals surface area contributed by atoms with Crippen LogP contribution in [0.1, 0.15) is 41.6 Å². The van der Waals surface area contributed by atoms with Crippen molar-refractivity contribution in [3.63, 3.8) is 0 Å². The molecule has 0 spiro atoms. The van der Waals surface area contributed by atoms with Crippen molar-refractivity contribution in [1.82, 2.24) is 5.32 Å². The molecular weight excluding hydrogens is 296 g/mol. The van der Waals surface area contributed by atoms with Crippen molar-refractivity contribution in [2.45, 2.75) is 42.9 Å². The van der Waals surface area contributed by atoms with Crippen LogP contribution in [0.4, 0.5) is 0 Å². The molecule has 2 aliphatic carbocycles. The number of nitrogens with one attached hydrogen (secondary N) is 1. The molecule has 1 aromatic rings. The Morgan fingerprint density at radius 3 is 2.30 bits per heavy atom. The summed E-state index contributed by atoms with van der Waals surface area (Å²) in [5.74, 6) is 1.06. The molecule has 110 valence electrons. The standard InChI is InChI=1S/C13H18N2O3S2/c1-7-10(6-19-13(7)20(14,17)18)12(16)15-11(8-2-3-8)9-4-5-9/h6,8-9,11H,2-5H2,1H3,(H,15,16)(H2,14,17,18). The summed E-state index contributed by atoms with van der Waals surface area (Å²) in [6.45, 7) is 1.63. The van der Waals surface area contributed by atoms with E-state index in [-0.39, 0.29) is 16.2 Å². The largest absolute Gasteiger partial charge is 0.349 e. The van der Waals surface area contributed by atoms with Crippen LogP contribution in [-0.2, 0) is 10.0 Å². The van der Waals surface area contributed by atoms with Gasteiger partial charge in [0.25, 0.3) is 5.91 Å². The van der Waals surface area contributed by atoms with Gasteiger partial charge < -0.3 is 5.32 Å². The number of carbonyl (C=O) groups is 1. The Kier molecular flexibility index (Phi) is 3.38. The van der Waals surface area contributed by atoms with Crippen molar-refractivity contribution in [2.24, 2.45) is 17.0 Å². The smallest absolute Gasteiger partial charge is 0.252 e. The second-order valence-electron chi connectivity index (χ2n) is 5.78. The van der Waals surface area contributed by atoms with Crippen LogP contribution >= 0.6 is 11.3 Å². The lowest BCUT2D eigenvalue weighted by Gasteiger charge is -2.17. The van der Waals surface area contributed by atoms with E-state index in [4.69, 9.17) is 5.14 Å². The second kappa shape index (κ2) is 4.82. The Bertz CT molecular complexity index is 631. The maximum absolute atomic E-state index is 12.3. The van der Waals surface area contributed by atoms with Crippen molar-refractivity contribution < 1.29 is 13.2 Å². The van der Waals surface area contributed by atoms with Crippen LogP contribution in [0.3, 0.4) is 0 Å². The van der Waals surface area contributed by atoms with E-state index in [0.29, 0.717) is 23.0 Å². The molecule has 0 radical (unpaired) electrons. The fourth-order valence-electron chi connectivity index (χ4n) is 2.66. The van der Waals surface area contributed by atoms with E-state index in [1.54, 1.807) is 12.3 Å². The lowest BCUT2D eigenvalue weighted by Crippen LogP contribution is -2.38. The third-order valence-electron chi connectivity index (χ3n) is 4.05. The predicted molar refractivity (Wildman–Crippen MR) is 77.1 cm³/mol. The number of nitrogens with two attached hydrogens (primary N) is 1. The Morgan fingerprint density at radius 2 is 1.90 bits per heavy atom. The molecule has 0 atom stereocenters. The van der Waals surface area contributed by atoms with Gasteiger partial charge in [-0.1, -0.05) is 0 Å². The molecule has 3 rings (SSSR count). The first kappa shape index (κ1) is 14.0. The second-order valence-corrected chi connectivity index (χ2v) is 8.42. The van der Waals surface area contributed by atoms with E-state index in [1.807, 2.05) is 0 Å². The maximum Gasteiger partial charge on any atom is 0.252 e. The summed E-state index contributed by atoms with van der Waals surface area (Å²) in [6.07, 6.45) is 4.75. The van der Waals surface area contributed by atoms with Crippen LogP contribution in [0.2, 0.25) is 0 Å². The summed E-state index contributed by atoms with van der Waals surface area (Å²) in [5, 5.41) is 9.82. The first-order chi connectivity index (χ1) is 9.38. The normalized spacial score (nSPS) is 19.4. The summed E-state index contributed by atoms with van der Waals surface area (Å²) in [7, 11) is -3.74. The lowest BCUT2D eigenvalue weighted by molar-refractivity contribution is 0.0926. The Labute approximate surface area is 122 Å². The molecule has 0 aliphatic heterocycles. The first-order valence-corrected chi connectivity index (χ1v) is 9.22. The molecule has 20 heavy (non-hydrogen) atoms. The van der Waals surface area contributed by atoms with Gasteiger partial charge in [0.2, 0.25) is 10.0 Å². The minimum Gasteiger partial charge on any atom is -0.349 e. The third kappa shape index (κ3) is 2.75. The number of sulfonamides is 1. The van der Waals surface area contributed by atoms with Crippen LogP contribution in [0.15, 0.2) is 9.59 Å². The number of primary sulfonamides is 1. The van der Waals surface area contributed by atoms with E-state index in [0.717, 1.165) is 11.3 Å². The molecule has 3 N–H and O–H groups in total. The van der Waals surface area contributed by atoms with Crippen LogP contribution in [-0.4, -0.2) is 20.4 Å². The van der Waals surface area contributed by atoms with Gasteiger partial charge in [-0.3, -0.25) is 4.79 Å². The van der Waals surface area contributed by atoms with E-state index in [1.165, 1.54) is 25.7 Å². The number of amides is 1. The third-order valence-corrected chi connectivity index (χ3v) is 6.74. The van der Waals surface area contributed by atoms with Gasteiger partial charge in [0.05, 0.1) is 5.56 Å². The van der Waals surface area contributed by atoms with Crippen LogP contribution in [0.5, 0.6) is 0 Å². The van der Waals surface area contributed by atoms with Gasteiger partial charge in [-0.25, -0.2) is 13.6 Å². The molecule has 1 amide bonds. The summed E-state index contributed by atoms with van der Waals surface area (Å²) in [6, 6.07) is 0.264. The summed E-state index contributed by atoms with van der Waals surface area (Å²) < 4.78 is 22.9. The summed E-state index contributed by atoms with van der Waals surface area (Å²) in [5.41, 5.74) is 0.894. The minimum atomic E-state index is -3.74. The molecule has 0 unspecified atom stereocenters. The number of hydrogen-bond donors (Lipinski definition) is 2. The highest BCUT2D eigenvalue weighted by Gasteiger charge is 2.42. The minimum absolute atomic E-state index is 0.0806. The fourth-order valence-corrected chi connectivity index (χ4v) is 4.68. The van der Waals surface area contributed by atoms with Crippen molar-refractivity contribution >= 4 is 27.3 Å². The summed E-state index contributed by atoms with van der Waals surface area (Å²) in [4.78, 5) is 12.3. The number of hydrogen-bond acceptors (Lipinski definition) is 4. The Hall–Kier alpha value is -0.920. The molecule has 1 heterocycles. The van der Waals surface area contributed by atoms with Crippen molar-refractivity contribution in [3.8, 4) is 0 Å². The SMILES string of the molecule is Cc1c(C(=O)NC(C2CC2)C2CC2)csc1S(N)(=O)=O. The Balaban J connectivity index is 1.78. The summed E-state index contributed by atoms with van der Waals surface area (Å²) >= 11 is 1.01. The van der Waals surface area contributed by atoms with Gasteiger partial charge in [-0.15, -0.1) is 11.3 Å². The molecule has 0 bridgehead atoms. The molecule has 0 saturated heterocycles. The Morgan fingerprint density at radius 1 is 1.35 bits per heavy atom. The zero-order chi connectivity index (χ0) is 14.5. The molecule has 2 saturated carbocycles. The quantitative estimate of drug-likeness (QED) is 0.865. The van der Waals surface area contributed by atoms with Gasteiger partial charge in [0.1, 0.15) is 4.21 Å². The van der Waals surface area contributed by atoms with Crippen LogP contribution in [0, 0.1) is 18.8 Å². The van der Waals surface area contributed by atoms with Crippen molar-refractivity contribution in [1.29, 1.82) is 0 Å². The van der Waals surface area contributed by atoms with Crippen LogP contribution < -0.4 is 10.5 Å². The van der Waals surface area contributed by atoms with Gasteiger partial charge in [0, 0.05) is 11.4 Å². The number of rotatable bonds is 5. The van der Waals surface area contributed by atoms with Crippen molar-refractivity contribution in [2.75, 3.05) is 0 Å². The van der Waals surface area contributed by atoms with E-state index >= 15 is 0 Å². The molecule has 0 aromatic carbocycles. The topological polar surface area (TPSA) is 89.3 Å². The molecule has 7 heteroatoms. The lowest BCUT2D eigenvalue weighted by atomic mass is 10.1. The van der Waals surface area contributed by atoms with Crippen LogP contribution in [0.25, 0.3) is 0 Å². The number of thiophene rings is 1. The molecule has 2 aliphatic rings. The molecule has 1 aromatic heterocycles. The molecule has 5 nitrogen and oxygen atoms in total. The highest BCUT2D eigenvalue weighted by molar-refractivity contribution is 7.91. The predicted octanol–water partition coefficient (Wildman–Crippen LogP) is 1.62. The maximum atomic E-state index is 12.3. The molecular formula is C13H18N2O3S2. The number of carbonyl (C=O) groups excluding carboxylic acids is 1. The van der Waals surface area contributed by atoms with E-state index in [2.05, 4.69) is 5.32 Å². The zero-order valence-electron chi connectivity index (χ0n) is 11.3. The average molecular weight is 314 g/mol. The monoisotopic (exact) mass is 314 g/mol. The van der Waals surface area contributed by atoms with Gasteiger partial charge in [0.15, 0.2) is 0 Å². The van der Waals surface area contributed by atoms with E-state index in [9.17, 15) is 13.2 Å². The average Bonchev–Trinajstić information content (AvgIpc) is 3.22. The van der Waals surface area contributed by atoms with Gasteiger partial charge >= 0.3 is 0 Å². The van der Waals surface area contributed by atoms with E-state index < -0.39 is 10.0 Å². The van der Waals surface area contributed by atoms with Gasteiger partial charge in [-0.2, -0.15) is 0 Å². The molecule has 2 fully saturated rings. The highest BCUT2D eigenvalue weighted by atomic mass is 32.2. The zero-order valence-corrected chi connectivity index (χ0v) is 12.9. The fraction of sp³-hybridized carbons (Fsp3) is 0.615. The van der Waals surface area contributed by atoms with Gasteiger partial charge in [-0.05, 0) is 50.0 Å². The van der Waals surface area contributed by atoms with Crippen molar-refractivity contribution in [3.05, 3.63) is 16.5 Å².